The summed E-state index contributed by atoms with van der Waals surface area (Å²) in [5.41, 5.74) is 1.36. The van der Waals surface area contributed by atoms with Crippen LogP contribution in [0.15, 0.2) is 52.1 Å². The summed E-state index contributed by atoms with van der Waals surface area (Å²) in [6.07, 6.45) is 0. The second kappa shape index (κ2) is 6.50. The van der Waals surface area contributed by atoms with Gasteiger partial charge in [0.1, 0.15) is 13.2 Å². The summed E-state index contributed by atoms with van der Waals surface area (Å²) < 4.78 is 11.1. The molecule has 0 spiro atoms. The van der Waals surface area contributed by atoms with Crippen LogP contribution in [0.4, 0.5) is 5.69 Å². The lowest BCUT2D eigenvalue weighted by Gasteiger charge is -2.22. The lowest BCUT2D eigenvalue weighted by Crippen LogP contribution is -2.36. The minimum atomic E-state index is -0.501. The Morgan fingerprint density at radius 2 is 1.65 bits per heavy atom. The van der Waals surface area contributed by atoms with Gasteiger partial charge in [0.25, 0.3) is 0 Å². The molecule has 0 saturated heterocycles. The minimum Gasteiger partial charge on any atom is -0.486 e. The van der Waals surface area contributed by atoms with Crippen molar-refractivity contribution in [2.45, 2.75) is 13.0 Å². The van der Waals surface area contributed by atoms with E-state index in [1.807, 2.05) is 25.1 Å². The lowest BCUT2D eigenvalue weighted by molar-refractivity contribution is 0.171. The highest BCUT2D eigenvalue weighted by atomic mass is 35.5. The standard InChI is InChI=1S/C20H16ClNO4/c1-11(13-4-7-15-16(10-13)26-9-8-25-15)22-18-17(19(23)20(18)24)12-2-5-14(21)6-3-12/h2-7,10-11,22H,8-9H2,1H3/t11-/m0/s1. The molecule has 0 unspecified atom stereocenters. The minimum absolute atomic E-state index is 0.180. The third-order valence-electron chi connectivity index (χ3n) is 4.47. The van der Waals surface area contributed by atoms with E-state index in [0.29, 0.717) is 46.5 Å². The van der Waals surface area contributed by atoms with Crippen molar-refractivity contribution in [3.8, 4) is 22.6 Å². The molecule has 1 aliphatic heterocycles. The van der Waals surface area contributed by atoms with Crippen LogP contribution in [0, 0.1) is 0 Å². The van der Waals surface area contributed by atoms with Crippen LogP contribution in [0.3, 0.4) is 0 Å². The molecule has 0 bridgehead atoms. The first-order valence-corrected chi connectivity index (χ1v) is 8.67. The van der Waals surface area contributed by atoms with Gasteiger partial charge >= 0.3 is 0 Å². The summed E-state index contributed by atoms with van der Waals surface area (Å²) in [4.78, 5) is 24.1. The van der Waals surface area contributed by atoms with Crippen LogP contribution in [-0.4, -0.2) is 13.2 Å². The summed E-state index contributed by atoms with van der Waals surface area (Å²) in [5, 5.41) is 3.74. The van der Waals surface area contributed by atoms with E-state index in [9.17, 15) is 9.59 Å². The lowest BCUT2D eigenvalue weighted by atomic mass is 9.97. The van der Waals surface area contributed by atoms with Gasteiger partial charge in [0.05, 0.1) is 11.3 Å². The van der Waals surface area contributed by atoms with Crippen molar-refractivity contribution in [3.63, 3.8) is 0 Å². The summed E-state index contributed by atoms with van der Waals surface area (Å²) in [6.45, 7) is 2.97. The molecule has 0 amide bonds. The summed E-state index contributed by atoms with van der Waals surface area (Å²) in [7, 11) is 0. The Kier molecular flexibility index (Phi) is 4.17. The van der Waals surface area contributed by atoms with E-state index in [0.717, 1.165) is 5.56 Å². The van der Waals surface area contributed by atoms with E-state index in [4.69, 9.17) is 21.1 Å². The molecule has 4 rings (SSSR count). The van der Waals surface area contributed by atoms with Gasteiger partial charge in [-0.15, -0.1) is 0 Å². The number of fused-ring (bicyclic) bond motifs is 1. The molecule has 0 saturated carbocycles. The van der Waals surface area contributed by atoms with E-state index in [1.54, 1.807) is 24.3 Å². The third-order valence-corrected chi connectivity index (χ3v) is 4.72. The zero-order valence-electron chi connectivity index (χ0n) is 14.0. The van der Waals surface area contributed by atoms with Crippen LogP contribution in [0.2, 0.25) is 5.02 Å². The molecule has 1 atom stereocenters. The highest BCUT2D eigenvalue weighted by Gasteiger charge is 2.24. The first-order chi connectivity index (χ1) is 12.5. The van der Waals surface area contributed by atoms with Crippen molar-refractivity contribution in [2.24, 2.45) is 0 Å². The molecule has 1 N–H and O–H groups in total. The first-order valence-electron chi connectivity index (χ1n) is 8.30. The van der Waals surface area contributed by atoms with Crippen LogP contribution in [0.5, 0.6) is 11.5 Å². The number of halogens is 1. The smallest absolute Gasteiger partial charge is 0.250 e. The largest absolute Gasteiger partial charge is 0.486 e. The van der Waals surface area contributed by atoms with Crippen molar-refractivity contribution in [1.29, 1.82) is 0 Å². The van der Waals surface area contributed by atoms with Gasteiger partial charge in [-0.25, -0.2) is 0 Å². The maximum Gasteiger partial charge on any atom is 0.250 e. The van der Waals surface area contributed by atoms with Gasteiger partial charge < -0.3 is 14.8 Å². The highest BCUT2D eigenvalue weighted by molar-refractivity contribution is 6.30. The van der Waals surface area contributed by atoms with Crippen LogP contribution >= 0.6 is 11.6 Å². The average Bonchev–Trinajstić information content (AvgIpc) is 2.68. The number of ether oxygens (including phenoxy) is 2. The van der Waals surface area contributed by atoms with Crippen molar-refractivity contribution < 1.29 is 9.47 Å². The van der Waals surface area contributed by atoms with Gasteiger partial charge in [0.2, 0.25) is 10.9 Å². The maximum atomic E-state index is 12.1. The fraction of sp³-hybridized carbons (Fsp3) is 0.200. The van der Waals surface area contributed by atoms with Crippen molar-refractivity contribution >= 4 is 17.3 Å². The zero-order chi connectivity index (χ0) is 18.3. The Bertz CT molecular complexity index is 1040. The predicted octanol–water partition coefficient (Wildman–Crippen LogP) is 3.55. The van der Waals surface area contributed by atoms with Gasteiger partial charge in [-0.05, 0) is 42.3 Å². The van der Waals surface area contributed by atoms with Crippen LogP contribution in [0.1, 0.15) is 18.5 Å². The van der Waals surface area contributed by atoms with Crippen LogP contribution in [-0.2, 0) is 0 Å². The van der Waals surface area contributed by atoms with Gasteiger partial charge in [0, 0.05) is 11.1 Å². The molecule has 0 fully saturated rings. The number of hydrogen-bond donors (Lipinski definition) is 1. The molecule has 1 aliphatic rings. The molecular weight excluding hydrogens is 354 g/mol. The molecule has 26 heavy (non-hydrogen) atoms. The maximum absolute atomic E-state index is 12.1. The molecule has 3 aromatic carbocycles. The molecule has 132 valence electrons. The number of anilines is 1. The first kappa shape index (κ1) is 16.7. The molecule has 5 nitrogen and oxygen atoms in total. The molecular formula is C20H16ClNO4. The van der Waals surface area contributed by atoms with Crippen molar-refractivity contribution in [3.05, 3.63) is 73.5 Å². The highest BCUT2D eigenvalue weighted by Crippen LogP contribution is 2.34. The Hall–Kier alpha value is -2.79. The van der Waals surface area contributed by atoms with E-state index in [2.05, 4.69) is 5.32 Å². The quantitative estimate of drug-likeness (QED) is 0.712. The Morgan fingerprint density at radius 3 is 2.38 bits per heavy atom. The molecule has 0 radical (unpaired) electrons. The van der Waals surface area contributed by atoms with Crippen LogP contribution < -0.4 is 25.6 Å². The van der Waals surface area contributed by atoms with E-state index in [-0.39, 0.29) is 6.04 Å². The van der Waals surface area contributed by atoms with Gasteiger partial charge in [0.15, 0.2) is 11.5 Å². The second-order valence-corrected chi connectivity index (χ2v) is 6.62. The van der Waals surface area contributed by atoms with Gasteiger partial charge in [-0.2, -0.15) is 0 Å². The van der Waals surface area contributed by atoms with E-state index in [1.165, 1.54) is 0 Å². The van der Waals surface area contributed by atoms with Crippen molar-refractivity contribution in [1.82, 2.24) is 0 Å². The van der Waals surface area contributed by atoms with E-state index < -0.39 is 10.9 Å². The molecule has 0 aromatic heterocycles. The summed E-state index contributed by atoms with van der Waals surface area (Å²) >= 11 is 5.90. The fourth-order valence-electron chi connectivity index (χ4n) is 3.05. The number of benzene rings is 2. The fourth-order valence-corrected chi connectivity index (χ4v) is 3.18. The Morgan fingerprint density at radius 1 is 0.962 bits per heavy atom. The monoisotopic (exact) mass is 369 g/mol. The van der Waals surface area contributed by atoms with Crippen molar-refractivity contribution in [2.75, 3.05) is 18.5 Å². The topological polar surface area (TPSA) is 64.6 Å². The normalized spacial score (nSPS) is 14.2. The van der Waals surface area contributed by atoms with Gasteiger partial charge in [-0.1, -0.05) is 29.8 Å². The number of rotatable bonds is 4. The second-order valence-electron chi connectivity index (χ2n) is 6.18. The number of hydrogen-bond acceptors (Lipinski definition) is 5. The predicted molar refractivity (Wildman–Crippen MR) is 101 cm³/mol. The molecule has 0 aliphatic carbocycles. The number of nitrogens with one attached hydrogen (secondary N) is 1. The average molecular weight is 370 g/mol. The zero-order valence-corrected chi connectivity index (χ0v) is 14.8. The molecule has 1 heterocycles. The Labute approximate surface area is 154 Å². The van der Waals surface area contributed by atoms with E-state index >= 15 is 0 Å². The summed E-state index contributed by atoms with van der Waals surface area (Å²) in [6, 6.07) is 12.3. The van der Waals surface area contributed by atoms with Crippen LogP contribution in [0.25, 0.3) is 11.1 Å². The molecule has 6 heteroatoms. The Balaban J connectivity index is 1.62. The van der Waals surface area contributed by atoms with Gasteiger partial charge in [-0.3, -0.25) is 9.59 Å². The molecule has 3 aromatic rings. The summed E-state index contributed by atoms with van der Waals surface area (Å²) in [5.74, 6) is 1.40. The third kappa shape index (κ3) is 2.84. The SMILES string of the molecule is C[C@H](Nc1c(-c2ccc(Cl)cc2)c(=O)c1=O)c1ccc2c(c1)OCCO2.